The molecule has 0 saturated heterocycles. The molecule has 8 nitrogen and oxygen atoms in total. The molecule has 1 aliphatic rings. The number of imidazole rings is 2. The molecule has 26 heavy (non-hydrogen) atoms. The van der Waals surface area contributed by atoms with Crippen LogP contribution < -0.4 is 5.76 Å². The van der Waals surface area contributed by atoms with E-state index in [2.05, 4.69) is 24.8 Å². The second-order valence-electron chi connectivity index (χ2n) is 6.45. The SMILES string of the molecule is O=c1oc2ccccc2n1CCN1CCc2[nH]cnc2C1c1cnc[nH]1. The average Bonchev–Trinajstić information content (AvgIpc) is 3.39. The normalized spacial score (nSPS) is 17.6. The Kier molecular flexibility index (Phi) is 3.49. The van der Waals surface area contributed by atoms with Crippen LogP contribution in [0, 0.1) is 0 Å². The number of H-pyrrole nitrogens is 2. The van der Waals surface area contributed by atoms with E-state index in [-0.39, 0.29) is 11.8 Å². The molecule has 0 aliphatic carbocycles. The van der Waals surface area contributed by atoms with E-state index < -0.39 is 0 Å². The molecule has 0 spiro atoms. The van der Waals surface area contributed by atoms with Gasteiger partial charge in [0.05, 0.1) is 35.6 Å². The van der Waals surface area contributed by atoms with Crippen molar-refractivity contribution in [3.8, 4) is 0 Å². The first-order valence-corrected chi connectivity index (χ1v) is 8.64. The van der Waals surface area contributed by atoms with E-state index in [1.54, 1.807) is 17.2 Å². The van der Waals surface area contributed by atoms with Crippen molar-refractivity contribution >= 4 is 11.1 Å². The van der Waals surface area contributed by atoms with Crippen LogP contribution in [0.25, 0.3) is 11.1 Å². The van der Waals surface area contributed by atoms with Crippen LogP contribution in [0.1, 0.15) is 23.1 Å². The van der Waals surface area contributed by atoms with Crippen molar-refractivity contribution in [1.29, 1.82) is 0 Å². The fourth-order valence-electron chi connectivity index (χ4n) is 3.78. The zero-order chi connectivity index (χ0) is 17.5. The van der Waals surface area contributed by atoms with Gasteiger partial charge in [-0.15, -0.1) is 0 Å². The number of para-hydroxylation sites is 2. The van der Waals surface area contributed by atoms with E-state index >= 15 is 0 Å². The summed E-state index contributed by atoms with van der Waals surface area (Å²) in [4.78, 5) is 29.7. The molecule has 0 fully saturated rings. The van der Waals surface area contributed by atoms with Gasteiger partial charge in [-0.3, -0.25) is 9.47 Å². The quantitative estimate of drug-likeness (QED) is 0.584. The Morgan fingerprint density at radius 1 is 1.19 bits per heavy atom. The molecule has 1 aliphatic heterocycles. The Labute approximate surface area is 148 Å². The van der Waals surface area contributed by atoms with Gasteiger partial charge >= 0.3 is 5.76 Å². The Bertz CT molecular complexity index is 1090. The van der Waals surface area contributed by atoms with Crippen molar-refractivity contribution in [3.63, 3.8) is 0 Å². The highest BCUT2D eigenvalue weighted by atomic mass is 16.4. The molecular formula is C18H18N6O2. The number of oxazole rings is 1. The predicted molar refractivity (Wildman–Crippen MR) is 94.8 cm³/mol. The van der Waals surface area contributed by atoms with Gasteiger partial charge in [0, 0.05) is 37.9 Å². The molecule has 0 radical (unpaired) electrons. The highest BCUT2D eigenvalue weighted by molar-refractivity contribution is 5.72. The first-order valence-electron chi connectivity index (χ1n) is 8.64. The minimum atomic E-state index is -0.318. The maximum atomic E-state index is 12.2. The summed E-state index contributed by atoms with van der Waals surface area (Å²) in [6, 6.07) is 7.51. The van der Waals surface area contributed by atoms with E-state index in [9.17, 15) is 4.79 Å². The third kappa shape index (κ3) is 2.38. The van der Waals surface area contributed by atoms with Crippen molar-refractivity contribution in [2.24, 2.45) is 0 Å². The van der Waals surface area contributed by atoms with Gasteiger partial charge in [-0.2, -0.15) is 0 Å². The van der Waals surface area contributed by atoms with Crippen molar-refractivity contribution in [1.82, 2.24) is 29.4 Å². The van der Waals surface area contributed by atoms with Crippen LogP contribution in [-0.4, -0.2) is 42.5 Å². The van der Waals surface area contributed by atoms with Gasteiger partial charge in [-0.25, -0.2) is 14.8 Å². The summed E-state index contributed by atoms with van der Waals surface area (Å²) in [5.41, 5.74) is 4.63. The molecule has 132 valence electrons. The summed E-state index contributed by atoms with van der Waals surface area (Å²) in [5.74, 6) is -0.318. The highest BCUT2D eigenvalue weighted by Crippen LogP contribution is 2.31. The van der Waals surface area contributed by atoms with Gasteiger partial charge in [0.2, 0.25) is 0 Å². The smallest absolute Gasteiger partial charge is 0.408 e. The molecule has 1 aromatic carbocycles. The van der Waals surface area contributed by atoms with E-state index in [1.807, 2.05) is 30.5 Å². The lowest BCUT2D eigenvalue weighted by Gasteiger charge is -2.34. The van der Waals surface area contributed by atoms with Crippen LogP contribution in [0.15, 0.2) is 52.3 Å². The van der Waals surface area contributed by atoms with Crippen molar-refractivity contribution in [2.45, 2.75) is 19.0 Å². The van der Waals surface area contributed by atoms with Crippen molar-refractivity contribution in [3.05, 3.63) is 70.7 Å². The molecular weight excluding hydrogens is 332 g/mol. The third-order valence-electron chi connectivity index (χ3n) is 5.02. The molecule has 8 heteroatoms. The number of nitrogens with one attached hydrogen (secondary N) is 2. The fourth-order valence-corrected chi connectivity index (χ4v) is 3.78. The Hall–Kier alpha value is -3.13. The molecule has 1 atom stereocenters. The average molecular weight is 350 g/mol. The largest absolute Gasteiger partial charge is 0.419 e. The molecule has 0 amide bonds. The van der Waals surface area contributed by atoms with Crippen molar-refractivity contribution < 1.29 is 4.42 Å². The van der Waals surface area contributed by atoms with E-state index in [4.69, 9.17) is 4.42 Å². The Morgan fingerprint density at radius 3 is 3.00 bits per heavy atom. The topological polar surface area (TPSA) is 95.7 Å². The summed E-state index contributed by atoms with van der Waals surface area (Å²) in [5, 5.41) is 0. The number of aromatic amines is 2. The summed E-state index contributed by atoms with van der Waals surface area (Å²) >= 11 is 0. The lowest BCUT2D eigenvalue weighted by molar-refractivity contribution is 0.197. The van der Waals surface area contributed by atoms with Gasteiger partial charge in [-0.1, -0.05) is 12.1 Å². The zero-order valence-corrected chi connectivity index (χ0v) is 14.1. The fraction of sp³-hybridized carbons (Fsp3) is 0.278. The molecule has 0 bridgehead atoms. The lowest BCUT2D eigenvalue weighted by Crippen LogP contribution is -2.39. The number of hydrogen-bond donors (Lipinski definition) is 2. The summed E-state index contributed by atoms with van der Waals surface area (Å²) in [6.07, 6.45) is 6.16. The number of nitrogens with zero attached hydrogens (tertiary/aromatic N) is 4. The standard InChI is InChI=1S/C18H18N6O2/c25-18-24(14-3-1-2-4-15(14)26-18)8-7-23-6-5-12-16(22-11-21-12)17(23)13-9-19-10-20-13/h1-4,9-11,17H,5-8H2,(H,19,20)(H,21,22). The third-order valence-corrected chi connectivity index (χ3v) is 5.02. The number of benzene rings is 1. The van der Waals surface area contributed by atoms with Crippen LogP contribution in [0.5, 0.6) is 0 Å². The Morgan fingerprint density at radius 2 is 2.12 bits per heavy atom. The van der Waals surface area contributed by atoms with Crippen LogP contribution in [-0.2, 0) is 13.0 Å². The number of hydrogen-bond acceptors (Lipinski definition) is 5. The van der Waals surface area contributed by atoms with Crippen LogP contribution in [0.3, 0.4) is 0 Å². The number of fused-ring (bicyclic) bond motifs is 2. The number of aromatic nitrogens is 5. The van der Waals surface area contributed by atoms with Gasteiger partial charge in [0.1, 0.15) is 0 Å². The predicted octanol–water partition coefficient (Wildman–Crippen LogP) is 1.69. The lowest BCUT2D eigenvalue weighted by atomic mass is 10.0. The maximum absolute atomic E-state index is 12.2. The van der Waals surface area contributed by atoms with Crippen LogP contribution in [0.2, 0.25) is 0 Å². The van der Waals surface area contributed by atoms with Gasteiger partial charge in [-0.05, 0) is 12.1 Å². The molecule has 1 unspecified atom stereocenters. The minimum Gasteiger partial charge on any atom is -0.408 e. The summed E-state index contributed by atoms with van der Waals surface area (Å²) in [7, 11) is 0. The van der Waals surface area contributed by atoms with E-state index in [1.165, 1.54) is 0 Å². The summed E-state index contributed by atoms with van der Waals surface area (Å²) in [6.45, 7) is 2.14. The van der Waals surface area contributed by atoms with Gasteiger partial charge in [0.15, 0.2) is 5.58 Å². The maximum Gasteiger partial charge on any atom is 0.419 e. The first kappa shape index (κ1) is 15.2. The molecule has 0 saturated carbocycles. The Balaban J connectivity index is 1.46. The van der Waals surface area contributed by atoms with Gasteiger partial charge in [0.25, 0.3) is 0 Å². The second kappa shape index (κ2) is 5.99. The van der Waals surface area contributed by atoms with E-state index in [0.29, 0.717) is 18.7 Å². The monoisotopic (exact) mass is 350 g/mol. The molecule has 2 N–H and O–H groups in total. The summed E-state index contributed by atoms with van der Waals surface area (Å²) < 4.78 is 7.03. The van der Waals surface area contributed by atoms with E-state index in [0.717, 1.165) is 35.6 Å². The minimum absolute atomic E-state index is 0.00127. The van der Waals surface area contributed by atoms with Gasteiger partial charge < -0.3 is 14.4 Å². The van der Waals surface area contributed by atoms with Crippen LogP contribution >= 0.6 is 0 Å². The first-order chi connectivity index (χ1) is 12.8. The number of rotatable bonds is 4. The molecule has 4 aromatic rings. The molecule has 4 heterocycles. The van der Waals surface area contributed by atoms with Crippen LogP contribution in [0.4, 0.5) is 0 Å². The van der Waals surface area contributed by atoms with Crippen molar-refractivity contribution in [2.75, 3.05) is 13.1 Å². The highest BCUT2D eigenvalue weighted by Gasteiger charge is 2.31. The zero-order valence-electron chi connectivity index (χ0n) is 14.1. The molecule has 5 rings (SSSR count). The molecule has 3 aromatic heterocycles. The second-order valence-corrected chi connectivity index (χ2v) is 6.45.